The number of halogens is 2. The third-order valence-corrected chi connectivity index (χ3v) is 4.66. The minimum Gasteiger partial charge on any atom is -0.327 e. The first-order chi connectivity index (χ1) is 9.95. The summed E-state index contributed by atoms with van der Waals surface area (Å²) in [5.74, 6) is -0.323. The molecule has 22 heavy (non-hydrogen) atoms. The average Bonchev–Trinajstić information content (AvgIpc) is 2.84. The number of nitrogens with one attached hydrogen (secondary N) is 1. The molecule has 0 bridgehead atoms. The van der Waals surface area contributed by atoms with Crippen LogP contribution in [0.2, 0.25) is 0 Å². The van der Waals surface area contributed by atoms with Gasteiger partial charge in [0.2, 0.25) is 5.91 Å². The fraction of sp³-hybridized carbons (Fsp3) is 0.333. The standard InChI is InChI=1S/C15H18BrN3OS.ClH/c1-9(10(2)17)14(20)19-15-18-8-13(21-15)7-11-4-3-5-12(16)6-11;/h3-6,8-10H,7,17H2,1-2H3,(H,18,19,20);1H. The predicted octanol–water partition coefficient (Wildman–Crippen LogP) is 3.84. The van der Waals surface area contributed by atoms with Crippen LogP contribution in [0.4, 0.5) is 5.13 Å². The Bertz CT molecular complexity index is 633. The van der Waals surface area contributed by atoms with Crippen LogP contribution in [0.1, 0.15) is 24.3 Å². The summed E-state index contributed by atoms with van der Waals surface area (Å²) in [5.41, 5.74) is 6.93. The first kappa shape index (κ1) is 19.1. The van der Waals surface area contributed by atoms with E-state index in [1.165, 1.54) is 16.9 Å². The van der Waals surface area contributed by atoms with E-state index in [4.69, 9.17) is 5.73 Å². The van der Waals surface area contributed by atoms with E-state index in [0.717, 1.165) is 15.8 Å². The van der Waals surface area contributed by atoms with E-state index < -0.39 is 0 Å². The van der Waals surface area contributed by atoms with Crippen molar-refractivity contribution in [2.45, 2.75) is 26.3 Å². The van der Waals surface area contributed by atoms with E-state index in [-0.39, 0.29) is 30.3 Å². The third kappa shape index (κ3) is 5.35. The largest absolute Gasteiger partial charge is 0.327 e. The molecule has 0 fully saturated rings. The molecule has 0 spiro atoms. The number of carbonyl (C=O) groups excluding carboxylic acids is 1. The van der Waals surface area contributed by atoms with Crippen molar-refractivity contribution in [3.63, 3.8) is 0 Å². The molecule has 0 aliphatic carbocycles. The molecule has 0 saturated carbocycles. The zero-order chi connectivity index (χ0) is 15.4. The number of hydrogen-bond donors (Lipinski definition) is 2. The molecule has 0 saturated heterocycles. The minimum absolute atomic E-state index is 0. The Hall–Kier alpha value is -0.950. The van der Waals surface area contributed by atoms with E-state index in [9.17, 15) is 4.79 Å². The van der Waals surface area contributed by atoms with Gasteiger partial charge in [0.15, 0.2) is 5.13 Å². The summed E-state index contributed by atoms with van der Waals surface area (Å²) in [7, 11) is 0. The van der Waals surface area contributed by atoms with Crippen LogP contribution < -0.4 is 11.1 Å². The van der Waals surface area contributed by atoms with Crippen LogP contribution in [0.3, 0.4) is 0 Å². The number of aromatic nitrogens is 1. The van der Waals surface area contributed by atoms with E-state index >= 15 is 0 Å². The Morgan fingerprint density at radius 3 is 2.82 bits per heavy atom. The summed E-state index contributed by atoms with van der Waals surface area (Å²) >= 11 is 4.95. The molecule has 2 atom stereocenters. The zero-order valence-electron chi connectivity index (χ0n) is 12.4. The summed E-state index contributed by atoms with van der Waals surface area (Å²) in [6, 6.07) is 7.98. The number of thiazole rings is 1. The van der Waals surface area contributed by atoms with Crippen LogP contribution in [-0.4, -0.2) is 16.9 Å². The maximum Gasteiger partial charge on any atom is 0.230 e. The Morgan fingerprint density at radius 1 is 1.45 bits per heavy atom. The molecule has 0 aliphatic heterocycles. The van der Waals surface area contributed by atoms with Gasteiger partial charge < -0.3 is 11.1 Å². The van der Waals surface area contributed by atoms with Crippen molar-refractivity contribution in [2.75, 3.05) is 5.32 Å². The Kier molecular flexibility index (Phi) is 7.48. The van der Waals surface area contributed by atoms with Gasteiger partial charge in [-0.15, -0.1) is 23.7 Å². The van der Waals surface area contributed by atoms with Crippen LogP contribution >= 0.6 is 39.7 Å². The van der Waals surface area contributed by atoms with Crippen molar-refractivity contribution in [3.05, 3.63) is 45.4 Å². The first-order valence-corrected chi connectivity index (χ1v) is 8.32. The number of hydrogen-bond acceptors (Lipinski definition) is 4. The maximum atomic E-state index is 11.9. The molecule has 2 aromatic rings. The highest BCUT2D eigenvalue weighted by atomic mass is 79.9. The molecule has 3 N–H and O–H groups in total. The first-order valence-electron chi connectivity index (χ1n) is 6.71. The fourth-order valence-corrected chi connectivity index (χ4v) is 3.05. The maximum absolute atomic E-state index is 11.9. The molecule has 120 valence electrons. The lowest BCUT2D eigenvalue weighted by atomic mass is 10.0. The van der Waals surface area contributed by atoms with Crippen LogP contribution in [0, 0.1) is 5.92 Å². The highest BCUT2D eigenvalue weighted by Crippen LogP contribution is 2.23. The van der Waals surface area contributed by atoms with Gasteiger partial charge >= 0.3 is 0 Å². The summed E-state index contributed by atoms with van der Waals surface area (Å²) in [5, 5.41) is 3.44. The van der Waals surface area contributed by atoms with Crippen molar-refractivity contribution in [3.8, 4) is 0 Å². The summed E-state index contributed by atoms with van der Waals surface area (Å²) in [6.07, 6.45) is 2.60. The Morgan fingerprint density at radius 2 is 2.18 bits per heavy atom. The van der Waals surface area contributed by atoms with Gasteiger partial charge in [0.1, 0.15) is 0 Å². The highest BCUT2D eigenvalue weighted by Gasteiger charge is 2.18. The van der Waals surface area contributed by atoms with Gasteiger partial charge in [-0.05, 0) is 24.6 Å². The zero-order valence-corrected chi connectivity index (χ0v) is 15.6. The number of rotatable bonds is 5. The van der Waals surface area contributed by atoms with Gasteiger partial charge in [-0.1, -0.05) is 35.0 Å². The van der Waals surface area contributed by atoms with E-state index in [1.54, 1.807) is 6.20 Å². The average molecular weight is 405 g/mol. The van der Waals surface area contributed by atoms with Crippen LogP contribution in [0.5, 0.6) is 0 Å². The molecule has 1 aromatic heterocycles. The molecule has 2 rings (SSSR count). The highest BCUT2D eigenvalue weighted by molar-refractivity contribution is 9.10. The quantitative estimate of drug-likeness (QED) is 0.795. The SMILES string of the molecule is CC(N)C(C)C(=O)Nc1ncc(Cc2cccc(Br)c2)s1.Cl. The lowest BCUT2D eigenvalue weighted by molar-refractivity contribution is -0.119. The van der Waals surface area contributed by atoms with Gasteiger partial charge in [0.05, 0.1) is 5.92 Å². The van der Waals surface area contributed by atoms with Gasteiger partial charge in [-0.2, -0.15) is 0 Å². The lowest BCUT2D eigenvalue weighted by Crippen LogP contribution is -2.34. The number of amides is 1. The third-order valence-electron chi connectivity index (χ3n) is 3.25. The second kappa shape index (κ2) is 8.62. The van der Waals surface area contributed by atoms with Gasteiger partial charge in [-0.3, -0.25) is 4.79 Å². The van der Waals surface area contributed by atoms with Crippen LogP contribution in [0.25, 0.3) is 0 Å². The summed E-state index contributed by atoms with van der Waals surface area (Å²) in [4.78, 5) is 17.3. The molecule has 1 heterocycles. The van der Waals surface area contributed by atoms with Crippen molar-refractivity contribution < 1.29 is 4.79 Å². The fourth-order valence-electron chi connectivity index (χ4n) is 1.75. The Labute approximate surface area is 149 Å². The van der Waals surface area contributed by atoms with Crippen molar-refractivity contribution in [1.29, 1.82) is 0 Å². The molecule has 1 aromatic carbocycles. The predicted molar refractivity (Wildman–Crippen MR) is 97.8 cm³/mol. The molecular formula is C15H19BrClN3OS. The number of carbonyl (C=O) groups is 1. The smallest absolute Gasteiger partial charge is 0.230 e. The lowest BCUT2D eigenvalue weighted by Gasteiger charge is -2.13. The second-order valence-electron chi connectivity index (χ2n) is 5.08. The van der Waals surface area contributed by atoms with Gasteiger partial charge in [0, 0.05) is 28.0 Å². The monoisotopic (exact) mass is 403 g/mol. The molecule has 0 aliphatic rings. The summed E-state index contributed by atoms with van der Waals surface area (Å²) < 4.78 is 1.06. The molecule has 7 heteroatoms. The molecular weight excluding hydrogens is 386 g/mol. The molecule has 1 amide bonds. The Balaban J connectivity index is 0.00000242. The van der Waals surface area contributed by atoms with Crippen LogP contribution in [-0.2, 0) is 11.2 Å². The summed E-state index contributed by atoms with van der Waals surface area (Å²) in [6.45, 7) is 3.64. The topological polar surface area (TPSA) is 68.0 Å². The normalized spacial score (nSPS) is 13.1. The number of nitrogens with two attached hydrogens (primary N) is 1. The molecule has 2 unspecified atom stereocenters. The van der Waals surface area contributed by atoms with Gasteiger partial charge in [0.25, 0.3) is 0 Å². The molecule has 4 nitrogen and oxygen atoms in total. The van der Waals surface area contributed by atoms with E-state index in [0.29, 0.717) is 5.13 Å². The number of anilines is 1. The van der Waals surface area contributed by atoms with Gasteiger partial charge in [-0.25, -0.2) is 4.98 Å². The van der Waals surface area contributed by atoms with Crippen LogP contribution in [0.15, 0.2) is 34.9 Å². The van der Waals surface area contributed by atoms with Crippen molar-refractivity contribution in [1.82, 2.24) is 4.98 Å². The van der Waals surface area contributed by atoms with E-state index in [2.05, 4.69) is 38.4 Å². The second-order valence-corrected chi connectivity index (χ2v) is 7.11. The minimum atomic E-state index is -0.234. The number of benzene rings is 1. The van der Waals surface area contributed by atoms with E-state index in [1.807, 2.05) is 26.0 Å². The molecule has 0 radical (unpaired) electrons. The van der Waals surface area contributed by atoms with Crippen molar-refractivity contribution in [2.24, 2.45) is 11.7 Å². The number of nitrogens with zero attached hydrogens (tertiary/aromatic N) is 1. The van der Waals surface area contributed by atoms with Crippen molar-refractivity contribution >= 4 is 50.7 Å².